The molecule has 2 nitrogen and oxygen atoms in total. The van der Waals surface area contributed by atoms with Crippen molar-refractivity contribution >= 4 is 11.6 Å². The summed E-state index contributed by atoms with van der Waals surface area (Å²) in [5.41, 5.74) is 2.75. The van der Waals surface area contributed by atoms with Gasteiger partial charge in [0.05, 0.1) is 0 Å². The van der Waals surface area contributed by atoms with Crippen LogP contribution in [0.15, 0.2) is 24.3 Å². The van der Waals surface area contributed by atoms with Crippen LogP contribution < -0.4 is 4.90 Å². The molecule has 3 rings (SSSR count). The lowest BCUT2D eigenvalue weighted by Crippen LogP contribution is -2.24. The maximum atomic E-state index is 12.0. The molecule has 0 N–H and O–H groups in total. The molecule has 1 aliphatic heterocycles. The lowest BCUT2D eigenvalue weighted by Gasteiger charge is -2.18. The number of carbonyl (C=O) groups is 1. The highest BCUT2D eigenvalue weighted by molar-refractivity contribution is 5.96. The Balaban J connectivity index is 1.89. The lowest BCUT2D eigenvalue weighted by molar-refractivity contribution is -0.117. The molecule has 1 spiro atoms. The minimum Gasteiger partial charge on any atom is -0.312 e. The van der Waals surface area contributed by atoms with Gasteiger partial charge in [0.1, 0.15) is 0 Å². The normalized spacial score (nSPS) is 21.6. The lowest BCUT2D eigenvalue weighted by atomic mass is 10.0. The van der Waals surface area contributed by atoms with E-state index in [-0.39, 0.29) is 0 Å². The minimum atomic E-state index is 0.309. The van der Waals surface area contributed by atoms with Crippen LogP contribution in [0.1, 0.15) is 44.6 Å². The van der Waals surface area contributed by atoms with E-state index in [0.29, 0.717) is 17.2 Å². The van der Waals surface area contributed by atoms with E-state index >= 15 is 0 Å². The number of nitrogens with zero attached hydrogens (tertiary/aromatic N) is 1. The fraction of sp³-hybridized carbons (Fsp3) is 0.533. The van der Waals surface area contributed by atoms with Crippen molar-refractivity contribution < 1.29 is 4.79 Å². The number of amides is 1. The van der Waals surface area contributed by atoms with Gasteiger partial charge in [-0.25, -0.2) is 0 Å². The van der Waals surface area contributed by atoms with Crippen LogP contribution in [0.25, 0.3) is 0 Å². The molecular weight excluding hydrogens is 210 g/mol. The van der Waals surface area contributed by atoms with E-state index in [2.05, 4.69) is 38.1 Å². The van der Waals surface area contributed by atoms with E-state index < -0.39 is 0 Å². The molecule has 0 radical (unpaired) electrons. The zero-order chi connectivity index (χ0) is 12.0. The maximum absolute atomic E-state index is 12.0. The van der Waals surface area contributed by atoms with E-state index in [1.54, 1.807) is 0 Å². The Bertz CT molecular complexity index is 460. The van der Waals surface area contributed by atoms with Crippen LogP contribution in [0.2, 0.25) is 0 Å². The Labute approximate surface area is 103 Å². The van der Waals surface area contributed by atoms with Crippen molar-refractivity contribution in [2.45, 2.75) is 39.0 Å². The number of benzene rings is 1. The molecule has 1 amide bonds. The van der Waals surface area contributed by atoms with E-state index in [1.165, 1.54) is 18.4 Å². The van der Waals surface area contributed by atoms with Gasteiger partial charge < -0.3 is 4.90 Å². The zero-order valence-corrected chi connectivity index (χ0v) is 10.6. The van der Waals surface area contributed by atoms with Crippen molar-refractivity contribution in [3.05, 3.63) is 29.8 Å². The number of carbonyl (C=O) groups excluding carboxylic acids is 1. The van der Waals surface area contributed by atoms with Gasteiger partial charge in [0.2, 0.25) is 5.91 Å². The Morgan fingerprint density at radius 1 is 1.29 bits per heavy atom. The first-order valence-corrected chi connectivity index (χ1v) is 6.50. The van der Waals surface area contributed by atoms with Crippen LogP contribution in [0.5, 0.6) is 0 Å². The van der Waals surface area contributed by atoms with Gasteiger partial charge in [0.15, 0.2) is 0 Å². The second-order valence-electron chi connectivity index (χ2n) is 5.91. The Morgan fingerprint density at radius 3 is 2.65 bits per heavy atom. The maximum Gasteiger partial charge on any atom is 0.227 e. The average Bonchev–Trinajstić information content (AvgIpc) is 2.96. The summed E-state index contributed by atoms with van der Waals surface area (Å²) in [6.07, 6.45) is 3.23. The molecule has 1 aromatic carbocycles. The van der Waals surface area contributed by atoms with Gasteiger partial charge in [0.25, 0.3) is 0 Å². The summed E-state index contributed by atoms with van der Waals surface area (Å²) in [6.45, 7) is 5.31. The van der Waals surface area contributed by atoms with Gasteiger partial charge in [-0.05, 0) is 41.9 Å². The number of hydrogen-bond donors (Lipinski definition) is 0. The second-order valence-corrected chi connectivity index (χ2v) is 5.91. The van der Waals surface area contributed by atoms with Crippen molar-refractivity contribution in [2.75, 3.05) is 11.4 Å². The quantitative estimate of drug-likeness (QED) is 0.761. The third-order valence-electron chi connectivity index (χ3n) is 4.13. The molecule has 1 aromatic rings. The monoisotopic (exact) mass is 229 g/mol. The molecule has 90 valence electrons. The van der Waals surface area contributed by atoms with Gasteiger partial charge in [-0.3, -0.25) is 4.79 Å². The van der Waals surface area contributed by atoms with Gasteiger partial charge >= 0.3 is 0 Å². The predicted octanol–water partition coefficient (Wildman–Crippen LogP) is 3.33. The van der Waals surface area contributed by atoms with Crippen molar-refractivity contribution in [1.82, 2.24) is 0 Å². The summed E-state index contributed by atoms with van der Waals surface area (Å²) in [5, 5.41) is 0. The molecule has 0 aromatic heterocycles. The first kappa shape index (κ1) is 10.8. The Morgan fingerprint density at radius 2 is 2.06 bits per heavy atom. The van der Waals surface area contributed by atoms with Crippen molar-refractivity contribution in [3.8, 4) is 0 Å². The van der Waals surface area contributed by atoms with Crippen molar-refractivity contribution in [3.63, 3.8) is 0 Å². The predicted molar refractivity (Wildman–Crippen MR) is 69.2 cm³/mol. The summed E-state index contributed by atoms with van der Waals surface area (Å²) >= 11 is 0. The average molecular weight is 229 g/mol. The highest BCUT2D eigenvalue weighted by Crippen LogP contribution is 2.53. The summed E-state index contributed by atoms with van der Waals surface area (Å²) in [7, 11) is 0. The molecule has 2 heteroatoms. The molecule has 1 heterocycles. The Kier molecular flexibility index (Phi) is 2.29. The fourth-order valence-electron chi connectivity index (χ4n) is 2.69. The van der Waals surface area contributed by atoms with Crippen LogP contribution in [0, 0.1) is 5.41 Å². The molecular formula is C15H19NO. The summed E-state index contributed by atoms with van der Waals surface area (Å²) in [6, 6.07) is 8.44. The number of hydrogen-bond acceptors (Lipinski definition) is 1. The van der Waals surface area contributed by atoms with Crippen LogP contribution in [-0.4, -0.2) is 12.5 Å². The summed E-state index contributed by atoms with van der Waals surface area (Å²) in [4.78, 5) is 14.0. The van der Waals surface area contributed by atoms with Gasteiger partial charge in [-0.2, -0.15) is 0 Å². The van der Waals surface area contributed by atoms with Crippen LogP contribution in [0.4, 0.5) is 5.69 Å². The largest absolute Gasteiger partial charge is 0.312 e. The molecule has 0 bridgehead atoms. The fourth-order valence-corrected chi connectivity index (χ4v) is 2.69. The first-order chi connectivity index (χ1) is 8.10. The topological polar surface area (TPSA) is 20.3 Å². The third-order valence-corrected chi connectivity index (χ3v) is 4.13. The number of rotatable bonds is 2. The molecule has 0 atom stereocenters. The zero-order valence-electron chi connectivity index (χ0n) is 10.6. The van der Waals surface area contributed by atoms with E-state index in [4.69, 9.17) is 0 Å². The standard InChI is InChI=1S/C15H19NO/c1-11(2)12-4-3-5-13(8-12)16-10-15(6-7-15)9-14(16)17/h3-5,8,11H,6-7,9-10H2,1-2H3. The van der Waals surface area contributed by atoms with E-state index in [1.807, 2.05) is 4.90 Å². The third kappa shape index (κ3) is 1.86. The van der Waals surface area contributed by atoms with Crippen molar-refractivity contribution in [2.24, 2.45) is 5.41 Å². The number of anilines is 1. The SMILES string of the molecule is CC(C)c1cccc(N2CC3(CC3)CC2=O)c1. The first-order valence-electron chi connectivity index (χ1n) is 6.50. The van der Waals surface area contributed by atoms with Gasteiger partial charge in [-0.1, -0.05) is 26.0 Å². The van der Waals surface area contributed by atoms with Crippen LogP contribution >= 0.6 is 0 Å². The summed E-state index contributed by atoms with van der Waals surface area (Å²) < 4.78 is 0. The highest BCUT2D eigenvalue weighted by atomic mass is 16.2. The molecule has 0 unspecified atom stereocenters. The van der Waals surface area contributed by atoms with E-state index in [9.17, 15) is 4.79 Å². The van der Waals surface area contributed by atoms with Gasteiger partial charge in [0, 0.05) is 18.7 Å². The van der Waals surface area contributed by atoms with E-state index in [0.717, 1.165) is 18.7 Å². The summed E-state index contributed by atoms with van der Waals surface area (Å²) in [5.74, 6) is 0.825. The Hall–Kier alpha value is -1.31. The van der Waals surface area contributed by atoms with Crippen LogP contribution in [0.3, 0.4) is 0 Å². The molecule has 1 aliphatic carbocycles. The smallest absolute Gasteiger partial charge is 0.227 e. The molecule has 2 aliphatic rings. The van der Waals surface area contributed by atoms with Crippen molar-refractivity contribution in [1.29, 1.82) is 0 Å². The minimum absolute atomic E-state index is 0.309. The molecule has 17 heavy (non-hydrogen) atoms. The molecule has 1 saturated carbocycles. The van der Waals surface area contributed by atoms with Crippen LogP contribution in [-0.2, 0) is 4.79 Å². The second kappa shape index (κ2) is 3.59. The molecule has 1 saturated heterocycles. The van der Waals surface area contributed by atoms with Gasteiger partial charge in [-0.15, -0.1) is 0 Å². The molecule has 2 fully saturated rings. The highest BCUT2D eigenvalue weighted by Gasteiger charge is 2.51.